The van der Waals surface area contributed by atoms with Crippen LogP contribution in [0.4, 0.5) is 5.82 Å². The van der Waals surface area contributed by atoms with E-state index in [9.17, 15) is 8.42 Å². The van der Waals surface area contributed by atoms with Crippen LogP contribution in [-0.4, -0.2) is 38.1 Å². The molecule has 2 heterocycles. The van der Waals surface area contributed by atoms with Crippen LogP contribution < -0.4 is 16.0 Å². The average Bonchev–Trinajstić information content (AvgIpc) is 2.93. The van der Waals surface area contributed by atoms with Crippen LogP contribution >= 0.6 is 11.3 Å². The number of aromatic nitrogens is 2. The summed E-state index contributed by atoms with van der Waals surface area (Å²) in [5, 5.41) is 1.77. The molecule has 0 atom stereocenters. The number of nitrogens with two attached hydrogens (primary N) is 1. The van der Waals surface area contributed by atoms with Gasteiger partial charge in [-0.25, -0.2) is 19.0 Å². The van der Waals surface area contributed by atoms with Crippen molar-refractivity contribution >= 4 is 32.1 Å². The summed E-state index contributed by atoms with van der Waals surface area (Å²) in [6.07, 6.45) is 2.23. The first kappa shape index (κ1) is 14.2. The average molecular weight is 305 g/mol. The highest BCUT2D eigenvalue weighted by molar-refractivity contribution is 7.89. The largest absolute Gasteiger partial charge is 0.385 e. The summed E-state index contributed by atoms with van der Waals surface area (Å²) >= 11 is 1.33. The Morgan fingerprint density at radius 2 is 2.37 bits per heavy atom. The Balaban J connectivity index is 2.28. The van der Waals surface area contributed by atoms with Gasteiger partial charge in [0.2, 0.25) is 5.03 Å². The van der Waals surface area contributed by atoms with Crippen molar-refractivity contribution in [3.8, 4) is 0 Å². The number of nitrogens with one attached hydrogen (secondary N) is 2. The van der Waals surface area contributed by atoms with E-state index in [0.717, 1.165) is 0 Å². The fraction of sp³-hybridized carbons (Fsp3) is 0.444. The summed E-state index contributed by atoms with van der Waals surface area (Å²) in [4.78, 5) is 4.66. The van der Waals surface area contributed by atoms with Crippen molar-refractivity contribution in [3.63, 3.8) is 0 Å². The molecule has 0 unspecified atom stereocenters. The molecule has 0 bridgehead atoms. The zero-order valence-electron chi connectivity index (χ0n) is 10.3. The summed E-state index contributed by atoms with van der Waals surface area (Å²) in [5.41, 5.74) is 2.31. The zero-order valence-corrected chi connectivity index (χ0v) is 11.9. The molecule has 0 aromatic carbocycles. The van der Waals surface area contributed by atoms with E-state index in [1.54, 1.807) is 18.7 Å². The van der Waals surface area contributed by atoms with Crippen molar-refractivity contribution in [2.24, 2.45) is 5.84 Å². The summed E-state index contributed by atoms with van der Waals surface area (Å²) in [6.45, 7) is 0.780. The van der Waals surface area contributed by atoms with Gasteiger partial charge in [-0.15, -0.1) is 11.3 Å². The van der Waals surface area contributed by atoms with Crippen molar-refractivity contribution in [2.75, 3.05) is 25.7 Å². The molecule has 106 valence electrons. The molecule has 0 fully saturated rings. The first-order valence-corrected chi connectivity index (χ1v) is 7.87. The van der Waals surface area contributed by atoms with Crippen molar-refractivity contribution < 1.29 is 13.2 Å². The Morgan fingerprint density at radius 1 is 1.58 bits per heavy atom. The molecule has 4 N–H and O–H groups in total. The molecule has 0 spiro atoms. The van der Waals surface area contributed by atoms with E-state index in [-0.39, 0.29) is 17.4 Å². The summed E-state index contributed by atoms with van der Waals surface area (Å²) in [6, 6.07) is 0. The van der Waals surface area contributed by atoms with Crippen molar-refractivity contribution in [3.05, 3.63) is 11.6 Å². The van der Waals surface area contributed by atoms with Gasteiger partial charge in [0.25, 0.3) is 10.0 Å². The molecule has 8 nitrogen and oxygen atoms in total. The number of sulfonamides is 1. The van der Waals surface area contributed by atoms with Crippen LogP contribution in [0.5, 0.6) is 0 Å². The summed E-state index contributed by atoms with van der Waals surface area (Å²) in [7, 11) is -2.11. The van der Waals surface area contributed by atoms with Crippen LogP contribution in [0.15, 0.2) is 16.6 Å². The van der Waals surface area contributed by atoms with Gasteiger partial charge in [-0.2, -0.15) is 4.98 Å². The normalized spacial score (nSPS) is 12.1. The highest BCUT2D eigenvalue weighted by Gasteiger charge is 2.25. The zero-order chi connectivity index (χ0) is 13.9. The first-order chi connectivity index (χ1) is 9.10. The van der Waals surface area contributed by atoms with Gasteiger partial charge >= 0.3 is 0 Å². The highest BCUT2D eigenvalue weighted by Crippen LogP contribution is 2.24. The SMILES string of the molecule is COCCCNS(=O)(=O)c1c(NN)nc2sccn12. The maximum Gasteiger partial charge on any atom is 0.260 e. The van der Waals surface area contributed by atoms with Crippen LogP contribution in [0, 0.1) is 0 Å². The van der Waals surface area contributed by atoms with Gasteiger partial charge in [0, 0.05) is 31.8 Å². The molecular formula is C9H15N5O3S2. The molecule has 2 rings (SSSR count). The number of hydrogen-bond donors (Lipinski definition) is 3. The van der Waals surface area contributed by atoms with E-state index in [4.69, 9.17) is 10.6 Å². The number of anilines is 1. The molecule has 0 aliphatic rings. The fourth-order valence-corrected chi connectivity index (χ4v) is 3.69. The van der Waals surface area contributed by atoms with Crippen molar-refractivity contribution in [2.45, 2.75) is 11.4 Å². The smallest absolute Gasteiger partial charge is 0.260 e. The molecule has 0 saturated carbocycles. The molecule has 0 saturated heterocycles. The van der Waals surface area contributed by atoms with E-state index >= 15 is 0 Å². The quantitative estimate of drug-likeness (QED) is 0.377. The lowest BCUT2D eigenvalue weighted by Crippen LogP contribution is -2.27. The minimum Gasteiger partial charge on any atom is -0.385 e. The molecule has 0 radical (unpaired) electrons. The number of nitrogens with zero attached hydrogens (tertiary/aromatic N) is 2. The number of fused-ring (bicyclic) bond motifs is 1. The van der Waals surface area contributed by atoms with Gasteiger partial charge < -0.3 is 10.2 Å². The van der Waals surface area contributed by atoms with Gasteiger partial charge in [-0.05, 0) is 6.42 Å². The molecule has 0 aliphatic heterocycles. The van der Waals surface area contributed by atoms with Crippen LogP contribution in [0.2, 0.25) is 0 Å². The van der Waals surface area contributed by atoms with Crippen LogP contribution in [0.1, 0.15) is 6.42 Å². The van der Waals surface area contributed by atoms with E-state index < -0.39 is 10.0 Å². The number of hydrogen-bond acceptors (Lipinski definition) is 7. The van der Waals surface area contributed by atoms with E-state index in [1.165, 1.54) is 15.7 Å². The third kappa shape index (κ3) is 2.87. The lowest BCUT2D eigenvalue weighted by Gasteiger charge is -2.07. The second-order valence-electron chi connectivity index (χ2n) is 3.71. The number of thiazole rings is 1. The van der Waals surface area contributed by atoms with E-state index in [0.29, 0.717) is 18.0 Å². The van der Waals surface area contributed by atoms with E-state index in [2.05, 4.69) is 15.1 Å². The Bertz CT molecular complexity index is 648. The van der Waals surface area contributed by atoms with Gasteiger partial charge in [0.15, 0.2) is 10.8 Å². The lowest BCUT2D eigenvalue weighted by atomic mass is 10.5. The minimum atomic E-state index is -3.68. The second-order valence-corrected chi connectivity index (χ2v) is 6.26. The standard InChI is InChI=1S/C9H15N5O3S2/c1-17-5-2-3-11-19(15,16)8-7(13-10)12-9-14(8)4-6-18-9/h4,6,11,13H,2-3,5,10H2,1H3. The summed E-state index contributed by atoms with van der Waals surface area (Å²) in [5.74, 6) is 5.44. The maximum atomic E-state index is 12.2. The number of nitrogen functional groups attached to an aromatic ring is 1. The topological polar surface area (TPSA) is 111 Å². The molecule has 0 aliphatic carbocycles. The predicted molar refractivity (Wildman–Crippen MR) is 72.6 cm³/mol. The van der Waals surface area contributed by atoms with Crippen LogP contribution in [-0.2, 0) is 14.8 Å². The first-order valence-electron chi connectivity index (χ1n) is 5.51. The molecule has 2 aromatic heterocycles. The number of ether oxygens (including phenoxy) is 1. The third-order valence-corrected chi connectivity index (χ3v) is 4.67. The van der Waals surface area contributed by atoms with E-state index in [1.807, 2.05) is 0 Å². The monoisotopic (exact) mass is 305 g/mol. The van der Waals surface area contributed by atoms with Gasteiger partial charge in [-0.1, -0.05) is 0 Å². The second kappa shape index (κ2) is 5.84. The summed E-state index contributed by atoms with van der Waals surface area (Å²) < 4.78 is 33.3. The minimum absolute atomic E-state index is 0.0173. The lowest BCUT2D eigenvalue weighted by molar-refractivity contribution is 0.196. The molecule has 19 heavy (non-hydrogen) atoms. The number of rotatable bonds is 7. The number of methoxy groups -OCH3 is 1. The van der Waals surface area contributed by atoms with Gasteiger partial charge in [-0.3, -0.25) is 4.40 Å². The van der Waals surface area contributed by atoms with Gasteiger partial charge in [0.1, 0.15) is 0 Å². The van der Waals surface area contributed by atoms with Crippen LogP contribution in [0.25, 0.3) is 4.96 Å². The Morgan fingerprint density at radius 3 is 3.05 bits per heavy atom. The molecule has 0 amide bonds. The fourth-order valence-electron chi connectivity index (χ4n) is 1.61. The van der Waals surface area contributed by atoms with Crippen molar-refractivity contribution in [1.29, 1.82) is 0 Å². The number of imidazole rings is 1. The third-order valence-electron chi connectivity index (χ3n) is 2.43. The predicted octanol–water partition coefficient (Wildman–Crippen LogP) is -0.00380. The molecular weight excluding hydrogens is 290 g/mol. The van der Waals surface area contributed by atoms with Gasteiger partial charge in [0.05, 0.1) is 0 Å². The van der Waals surface area contributed by atoms with Crippen molar-refractivity contribution in [1.82, 2.24) is 14.1 Å². The van der Waals surface area contributed by atoms with Crippen LogP contribution in [0.3, 0.4) is 0 Å². The molecule has 2 aromatic rings. The Labute approximate surface area is 114 Å². The number of hydrazine groups is 1. The maximum absolute atomic E-state index is 12.2. The molecule has 10 heteroatoms. The Hall–Kier alpha value is -1.20. The highest BCUT2D eigenvalue weighted by atomic mass is 32.2. The Kier molecular flexibility index (Phi) is 4.37.